The minimum atomic E-state index is 0. The second kappa shape index (κ2) is 10.9. The van der Waals surface area contributed by atoms with E-state index >= 15 is 0 Å². The van der Waals surface area contributed by atoms with Gasteiger partial charge in [0, 0.05) is 32.2 Å². The highest BCUT2D eigenvalue weighted by atomic mass is 35.5. The van der Waals surface area contributed by atoms with Crippen molar-refractivity contribution in [2.24, 2.45) is 0 Å². The van der Waals surface area contributed by atoms with Crippen molar-refractivity contribution in [1.82, 2.24) is 10.2 Å². The molecule has 1 heterocycles. The van der Waals surface area contributed by atoms with Gasteiger partial charge in [0.25, 0.3) is 0 Å². The van der Waals surface area contributed by atoms with Crippen molar-refractivity contribution in [1.29, 1.82) is 0 Å². The maximum absolute atomic E-state index is 3.48. The Hall–Kier alpha value is -0.800. The molecule has 3 rings (SSSR count). The first kappa shape index (κ1) is 21.2. The van der Waals surface area contributed by atoms with E-state index in [-0.39, 0.29) is 24.8 Å². The summed E-state index contributed by atoms with van der Waals surface area (Å²) in [7, 11) is 0. The van der Waals surface area contributed by atoms with Crippen LogP contribution in [-0.4, -0.2) is 31.1 Å². The Morgan fingerprint density at radius 1 is 0.958 bits per heavy atom. The normalized spacial score (nSPS) is 16.2. The third kappa shape index (κ3) is 5.10. The minimum Gasteiger partial charge on any atom is -0.314 e. The molecule has 1 N–H and O–H groups in total. The molecule has 0 aliphatic carbocycles. The zero-order valence-electron chi connectivity index (χ0n) is 14.5. The molecule has 1 aliphatic rings. The Morgan fingerprint density at radius 3 is 2.42 bits per heavy atom. The van der Waals surface area contributed by atoms with Gasteiger partial charge >= 0.3 is 0 Å². The molecular formula is C20H30Cl2N2. The zero-order valence-corrected chi connectivity index (χ0v) is 16.2. The van der Waals surface area contributed by atoms with Crippen LogP contribution in [0.1, 0.15) is 44.2 Å². The summed E-state index contributed by atoms with van der Waals surface area (Å²) in [6, 6.07) is 16.2. The second-order valence-corrected chi connectivity index (χ2v) is 6.37. The van der Waals surface area contributed by atoms with E-state index in [0.717, 1.165) is 13.1 Å². The first-order valence-electron chi connectivity index (χ1n) is 8.82. The van der Waals surface area contributed by atoms with E-state index in [4.69, 9.17) is 0 Å². The van der Waals surface area contributed by atoms with Gasteiger partial charge in [-0.15, -0.1) is 24.8 Å². The van der Waals surface area contributed by atoms with Crippen LogP contribution in [0.3, 0.4) is 0 Å². The number of hydrogen-bond acceptors (Lipinski definition) is 2. The van der Waals surface area contributed by atoms with E-state index in [0.29, 0.717) is 6.04 Å². The fourth-order valence-electron chi connectivity index (χ4n) is 3.66. The highest BCUT2D eigenvalue weighted by Gasteiger charge is 2.23. The van der Waals surface area contributed by atoms with Crippen LogP contribution in [0, 0.1) is 0 Å². The first-order chi connectivity index (χ1) is 10.9. The topological polar surface area (TPSA) is 15.3 Å². The lowest BCUT2D eigenvalue weighted by atomic mass is 9.93. The molecule has 1 atom stereocenters. The van der Waals surface area contributed by atoms with E-state index in [1.165, 1.54) is 55.1 Å². The first-order valence-corrected chi connectivity index (χ1v) is 8.82. The van der Waals surface area contributed by atoms with Crippen molar-refractivity contribution in [2.45, 2.75) is 38.6 Å². The monoisotopic (exact) mass is 368 g/mol. The lowest BCUT2D eigenvalue weighted by Gasteiger charge is -2.36. The van der Waals surface area contributed by atoms with Gasteiger partial charge in [-0.3, -0.25) is 4.90 Å². The molecule has 0 radical (unpaired) electrons. The summed E-state index contributed by atoms with van der Waals surface area (Å²) in [5.41, 5.74) is 1.52. The van der Waals surface area contributed by atoms with Gasteiger partial charge in [0.15, 0.2) is 0 Å². The summed E-state index contributed by atoms with van der Waals surface area (Å²) >= 11 is 0. The molecule has 1 aliphatic heterocycles. The summed E-state index contributed by atoms with van der Waals surface area (Å²) in [4.78, 5) is 2.69. The molecule has 2 nitrogen and oxygen atoms in total. The zero-order chi connectivity index (χ0) is 15.2. The lowest BCUT2D eigenvalue weighted by molar-refractivity contribution is 0.164. The smallest absolute Gasteiger partial charge is 0.0355 e. The van der Waals surface area contributed by atoms with E-state index in [9.17, 15) is 0 Å². The van der Waals surface area contributed by atoms with Crippen LogP contribution in [0.15, 0.2) is 42.5 Å². The summed E-state index contributed by atoms with van der Waals surface area (Å²) < 4.78 is 0. The van der Waals surface area contributed by atoms with E-state index in [2.05, 4.69) is 59.6 Å². The predicted octanol–water partition coefficient (Wildman–Crippen LogP) is 5.21. The summed E-state index contributed by atoms with van der Waals surface area (Å²) in [6.45, 7) is 6.86. The molecule has 0 bridgehead atoms. The van der Waals surface area contributed by atoms with Gasteiger partial charge in [0.05, 0.1) is 0 Å². The van der Waals surface area contributed by atoms with Crippen molar-refractivity contribution in [3.05, 3.63) is 48.0 Å². The van der Waals surface area contributed by atoms with Gasteiger partial charge in [0.2, 0.25) is 0 Å². The number of rotatable bonds is 6. The fourth-order valence-corrected chi connectivity index (χ4v) is 3.66. The van der Waals surface area contributed by atoms with E-state index < -0.39 is 0 Å². The van der Waals surface area contributed by atoms with Crippen molar-refractivity contribution in [2.75, 3.05) is 26.2 Å². The Bertz CT molecular complexity index is 592. The molecule has 134 valence electrons. The molecule has 0 spiro atoms. The van der Waals surface area contributed by atoms with Crippen molar-refractivity contribution >= 4 is 35.6 Å². The van der Waals surface area contributed by atoms with Gasteiger partial charge in [-0.05, 0) is 22.8 Å². The van der Waals surface area contributed by atoms with Gasteiger partial charge in [0.1, 0.15) is 0 Å². The predicted molar refractivity (Wildman–Crippen MR) is 110 cm³/mol. The molecule has 1 saturated heterocycles. The Balaban J connectivity index is 0.00000144. The number of nitrogens with zero attached hydrogens (tertiary/aromatic N) is 1. The number of unbranched alkanes of at least 4 members (excludes halogenated alkanes) is 2. The maximum Gasteiger partial charge on any atom is 0.0355 e. The fraction of sp³-hybridized carbons (Fsp3) is 0.500. The Labute approximate surface area is 158 Å². The maximum atomic E-state index is 3.48. The van der Waals surface area contributed by atoms with Crippen molar-refractivity contribution in [3.63, 3.8) is 0 Å². The third-order valence-electron chi connectivity index (χ3n) is 4.86. The average Bonchev–Trinajstić information content (AvgIpc) is 2.59. The molecule has 0 amide bonds. The number of fused-ring (bicyclic) bond motifs is 1. The highest BCUT2D eigenvalue weighted by molar-refractivity contribution is 5.86. The number of halogens is 2. The Kier molecular flexibility index (Phi) is 9.68. The molecule has 2 aromatic carbocycles. The third-order valence-corrected chi connectivity index (χ3v) is 4.86. The molecule has 0 aromatic heterocycles. The number of piperazine rings is 1. The Morgan fingerprint density at radius 2 is 1.67 bits per heavy atom. The number of benzene rings is 2. The van der Waals surface area contributed by atoms with Gasteiger partial charge < -0.3 is 5.32 Å². The summed E-state index contributed by atoms with van der Waals surface area (Å²) in [5.74, 6) is 0. The molecular weight excluding hydrogens is 339 g/mol. The second-order valence-electron chi connectivity index (χ2n) is 6.37. The quantitative estimate of drug-likeness (QED) is 0.703. The standard InChI is InChI=1S/C20H28N2.2ClH/c1-2-3-4-12-20(22-15-13-21-14-16-22)19-11-7-9-17-8-5-6-10-18(17)19;;/h5-11,20-21H,2-4,12-16H2,1H3;2*1H/t20-;;/m0../s1. The van der Waals surface area contributed by atoms with Crippen molar-refractivity contribution in [3.8, 4) is 0 Å². The van der Waals surface area contributed by atoms with Crippen LogP contribution in [0.4, 0.5) is 0 Å². The van der Waals surface area contributed by atoms with Crippen LogP contribution < -0.4 is 5.32 Å². The largest absolute Gasteiger partial charge is 0.314 e. The van der Waals surface area contributed by atoms with Crippen LogP contribution in [0.2, 0.25) is 0 Å². The SMILES string of the molecule is CCCCC[C@@H](c1cccc2ccccc12)N1CCNCC1.Cl.Cl. The van der Waals surface area contributed by atoms with E-state index in [1.807, 2.05) is 0 Å². The number of nitrogens with one attached hydrogen (secondary N) is 1. The van der Waals surface area contributed by atoms with E-state index in [1.54, 1.807) is 0 Å². The number of hydrogen-bond donors (Lipinski definition) is 1. The van der Waals surface area contributed by atoms with Crippen molar-refractivity contribution < 1.29 is 0 Å². The van der Waals surface area contributed by atoms with Crippen LogP contribution in [0.5, 0.6) is 0 Å². The molecule has 1 fully saturated rings. The summed E-state index contributed by atoms with van der Waals surface area (Å²) in [5, 5.41) is 6.29. The molecule has 0 unspecified atom stereocenters. The lowest BCUT2D eigenvalue weighted by Crippen LogP contribution is -2.45. The molecule has 24 heavy (non-hydrogen) atoms. The van der Waals surface area contributed by atoms with Crippen LogP contribution in [0.25, 0.3) is 10.8 Å². The highest BCUT2D eigenvalue weighted by Crippen LogP contribution is 2.32. The van der Waals surface area contributed by atoms with Gasteiger partial charge in [-0.1, -0.05) is 68.7 Å². The summed E-state index contributed by atoms with van der Waals surface area (Å²) in [6.07, 6.45) is 5.24. The van der Waals surface area contributed by atoms with Gasteiger partial charge in [-0.25, -0.2) is 0 Å². The van der Waals surface area contributed by atoms with Crippen LogP contribution >= 0.6 is 24.8 Å². The van der Waals surface area contributed by atoms with Crippen LogP contribution in [-0.2, 0) is 0 Å². The minimum absolute atomic E-state index is 0. The molecule has 0 saturated carbocycles. The molecule has 4 heteroatoms. The molecule has 2 aromatic rings. The average molecular weight is 369 g/mol. The van der Waals surface area contributed by atoms with Gasteiger partial charge in [-0.2, -0.15) is 0 Å².